The van der Waals surface area contributed by atoms with E-state index in [2.05, 4.69) is 0 Å². The summed E-state index contributed by atoms with van der Waals surface area (Å²) in [5.74, 6) is -0.364. The van der Waals surface area contributed by atoms with Crippen LogP contribution in [0.15, 0.2) is 10.3 Å². The Kier molecular flexibility index (Phi) is 5.24. The fraction of sp³-hybridized carbons (Fsp3) is 0.500. The summed E-state index contributed by atoms with van der Waals surface area (Å²) in [5, 5.41) is 1.41. The first kappa shape index (κ1) is 16.7. The van der Waals surface area contributed by atoms with E-state index in [1.165, 1.54) is 20.1 Å². The minimum absolute atomic E-state index is 0.0808. The van der Waals surface area contributed by atoms with E-state index in [4.69, 9.17) is 13.4 Å². The summed E-state index contributed by atoms with van der Waals surface area (Å²) in [7, 11) is -2.65. The van der Waals surface area contributed by atoms with Gasteiger partial charge < -0.3 is 0 Å². The van der Waals surface area contributed by atoms with Crippen molar-refractivity contribution >= 4 is 44.5 Å². The number of sulfonamides is 1. The molecule has 1 aliphatic heterocycles. The zero-order valence-corrected chi connectivity index (χ0v) is 14.0. The van der Waals surface area contributed by atoms with Crippen molar-refractivity contribution in [2.24, 2.45) is 0 Å². The molecular weight excluding hydrogens is 340 g/mol. The Bertz CT molecular complexity index is 625. The van der Waals surface area contributed by atoms with Crippen LogP contribution in [-0.4, -0.2) is 32.3 Å². The Morgan fingerprint density at radius 3 is 2.57 bits per heavy atom. The van der Waals surface area contributed by atoms with Crippen LogP contribution in [-0.2, 0) is 23.4 Å². The molecule has 0 spiro atoms. The second kappa shape index (κ2) is 6.60. The van der Waals surface area contributed by atoms with Crippen molar-refractivity contribution in [3.8, 4) is 0 Å². The lowest BCUT2D eigenvalue weighted by atomic mass is 10.2. The minimum atomic E-state index is -3.92. The normalized spacial score (nSPS) is 15.3. The number of carbonyl (C=O) groups excluding carboxylic acids is 1. The highest BCUT2D eigenvalue weighted by atomic mass is 32.2. The molecule has 0 radical (unpaired) electrons. The highest BCUT2D eigenvalue weighted by Crippen LogP contribution is 2.40. The van der Waals surface area contributed by atoms with Crippen LogP contribution in [0.2, 0.25) is 0 Å². The van der Waals surface area contributed by atoms with Gasteiger partial charge in [0.25, 0.3) is 10.0 Å². The molecule has 2 heterocycles. The van der Waals surface area contributed by atoms with Gasteiger partial charge in [0.2, 0.25) is 12.3 Å². The second-order valence-corrected chi connectivity index (χ2v) is 7.52. The largest absolute Gasteiger partial charge is 0.294 e. The van der Waals surface area contributed by atoms with Crippen LogP contribution in [0.1, 0.15) is 30.6 Å². The maximum absolute atomic E-state index is 12.6. The van der Waals surface area contributed by atoms with Crippen molar-refractivity contribution in [2.75, 3.05) is 18.9 Å². The molecule has 0 atom stereocenters. The van der Waals surface area contributed by atoms with E-state index in [1.54, 1.807) is 0 Å². The average molecular weight is 354 g/mol. The Labute approximate surface area is 130 Å². The molecule has 1 saturated heterocycles. The molecule has 0 N–H and O–H groups in total. The van der Waals surface area contributed by atoms with Gasteiger partial charge in [-0.25, -0.2) is 8.42 Å². The van der Waals surface area contributed by atoms with Crippen molar-refractivity contribution in [3.63, 3.8) is 0 Å². The van der Waals surface area contributed by atoms with E-state index in [1.807, 2.05) is 6.92 Å². The summed E-state index contributed by atoms with van der Waals surface area (Å²) in [4.78, 5) is 16.6. The number of anilines is 1. The zero-order chi connectivity index (χ0) is 15.6. The van der Waals surface area contributed by atoms with Crippen LogP contribution in [0.4, 0.5) is 5.00 Å². The Hall–Kier alpha value is -0.690. The Balaban J connectivity index is 2.45. The molecular formula is C10H14N2O6S3. The summed E-state index contributed by atoms with van der Waals surface area (Å²) < 4.78 is 35.7. The Morgan fingerprint density at radius 1 is 1.48 bits per heavy atom. The van der Waals surface area contributed by atoms with Gasteiger partial charge in [0, 0.05) is 6.54 Å². The molecule has 1 aromatic heterocycles. The molecule has 8 nitrogen and oxygen atoms in total. The zero-order valence-electron chi connectivity index (χ0n) is 11.6. The van der Waals surface area contributed by atoms with Crippen LogP contribution in [0.3, 0.4) is 0 Å². The van der Waals surface area contributed by atoms with Gasteiger partial charge in [-0.1, -0.05) is 28.0 Å². The summed E-state index contributed by atoms with van der Waals surface area (Å²) in [6.07, 6.45) is 0.579. The fourth-order valence-electron chi connectivity index (χ4n) is 1.61. The van der Waals surface area contributed by atoms with E-state index in [9.17, 15) is 13.2 Å². The van der Waals surface area contributed by atoms with Gasteiger partial charge in [0.1, 0.15) is 4.21 Å². The number of Topliss-reactive ketones (excluding diaryl/α,β-unsaturated/α-hetero) is 1. The summed E-state index contributed by atoms with van der Waals surface area (Å²) in [6, 6.07) is 1.42. The first-order valence-corrected chi connectivity index (χ1v) is 8.87. The van der Waals surface area contributed by atoms with Gasteiger partial charge in [-0.2, -0.15) is 0 Å². The molecule has 0 aliphatic carbocycles. The number of rotatable bonds is 7. The first-order chi connectivity index (χ1) is 9.91. The SMILES string of the molecule is CCCN(OC)S(=O)(=O)c1sc(N2OSO2)cc1C(C)=O. The second-order valence-electron chi connectivity index (χ2n) is 4.03. The number of carbonyl (C=O) groups is 1. The average Bonchev–Trinajstić information content (AvgIpc) is 2.79. The summed E-state index contributed by atoms with van der Waals surface area (Å²) in [6.45, 7) is 3.32. The van der Waals surface area contributed by atoms with Gasteiger partial charge >= 0.3 is 0 Å². The smallest absolute Gasteiger partial charge is 0.275 e. The van der Waals surface area contributed by atoms with Crippen LogP contribution < -0.4 is 5.23 Å². The highest BCUT2D eigenvalue weighted by molar-refractivity contribution is 7.91. The van der Waals surface area contributed by atoms with Gasteiger partial charge in [-0.05, 0) is 19.4 Å². The number of hydrogen-bond acceptors (Lipinski definition) is 9. The van der Waals surface area contributed by atoms with E-state index in [0.29, 0.717) is 11.4 Å². The van der Waals surface area contributed by atoms with Gasteiger partial charge in [0.15, 0.2) is 10.8 Å². The topological polar surface area (TPSA) is 85.4 Å². The lowest BCUT2D eigenvalue weighted by Gasteiger charge is -2.24. The van der Waals surface area contributed by atoms with E-state index >= 15 is 0 Å². The maximum atomic E-state index is 12.6. The highest BCUT2D eigenvalue weighted by Gasteiger charge is 2.34. The van der Waals surface area contributed by atoms with Crippen molar-refractivity contribution in [2.45, 2.75) is 24.5 Å². The number of hydrogen-bond donors (Lipinski definition) is 0. The number of nitrogens with zero attached hydrogens (tertiary/aromatic N) is 2. The lowest BCUT2D eigenvalue weighted by molar-refractivity contribution is -0.0481. The van der Waals surface area contributed by atoms with Crippen molar-refractivity contribution in [1.82, 2.24) is 4.47 Å². The number of ketones is 1. The Morgan fingerprint density at radius 2 is 2.14 bits per heavy atom. The lowest BCUT2D eigenvalue weighted by Crippen LogP contribution is -2.31. The molecule has 0 saturated carbocycles. The van der Waals surface area contributed by atoms with Crippen molar-refractivity contribution in [1.29, 1.82) is 0 Å². The quantitative estimate of drug-likeness (QED) is 0.418. The van der Waals surface area contributed by atoms with Crippen LogP contribution in [0.5, 0.6) is 0 Å². The molecule has 0 aromatic carbocycles. The standard InChI is InChI=1S/C10H14N2O6S3/c1-4-5-11(16-3)21(14,15)10-8(7(2)13)6-9(19-10)12-17-20-18-12/h6H,4-5H2,1-3H3. The maximum Gasteiger partial charge on any atom is 0.275 e. The third kappa shape index (κ3) is 3.23. The predicted octanol–water partition coefficient (Wildman–Crippen LogP) is 2.16. The number of thiophene rings is 1. The predicted molar refractivity (Wildman–Crippen MR) is 77.8 cm³/mol. The molecule has 11 heteroatoms. The van der Waals surface area contributed by atoms with Crippen LogP contribution in [0.25, 0.3) is 0 Å². The molecule has 1 aliphatic rings. The summed E-state index contributed by atoms with van der Waals surface area (Å²) >= 11 is 1.63. The fourth-order valence-corrected chi connectivity index (χ4v) is 5.02. The monoisotopic (exact) mass is 354 g/mol. The van der Waals surface area contributed by atoms with E-state index in [0.717, 1.165) is 33.4 Å². The van der Waals surface area contributed by atoms with Crippen molar-refractivity contribution in [3.05, 3.63) is 11.6 Å². The summed E-state index contributed by atoms with van der Waals surface area (Å²) in [5.41, 5.74) is 0.0808. The molecule has 0 bridgehead atoms. The molecule has 1 aromatic rings. The van der Waals surface area contributed by atoms with Gasteiger partial charge in [-0.3, -0.25) is 9.63 Å². The molecule has 118 valence electrons. The molecule has 0 amide bonds. The first-order valence-electron chi connectivity index (χ1n) is 5.95. The van der Waals surface area contributed by atoms with E-state index in [-0.39, 0.29) is 22.1 Å². The van der Waals surface area contributed by atoms with E-state index < -0.39 is 10.0 Å². The van der Waals surface area contributed by atoms with Crippen LogP contribution >= 0.6 is 23.7 Å². The van der Waals surface area contributed by atoms with Crippen molar-refractivity contribution < 1.29 is 26.6 Å². The minimum Gasteiger partial charge on any atom is -0.294 e. The molecule has 2 rings (SSSR count). The third-order valence-corrected chi connectivity index (χ3v) is 6.26. The van der Waals surface area contributed by atoms with Crippen LogP contribution in [0, 0.1) is 0 Å². The third-order valence-electron chi connectivity index (χ3n) is 2.55. The van der Waals surface area contributed by atoms with Gasteiger partial charge in [-0.15, -0.1) is 8.57 Å². The van der Waals surface area contributed by atoms with Gasteiger partial charge in [0.05, 0.1) is 12.7 Å². The molecule has 21 heavy (non-hydrogen) atoms. The number of hydroxylamine groups is 1. The molecule has 0 unspecified atom stereocenters. The molecule has 1 fully saturated rings.